The van der Waals surface area contributed by atoms with Gasteiger partial charge in [-0.1, -0.05) is 163 Å². The highest BCUT2D eigenvalue weighted by atomic mass is 15.2. The number of hydrogen-bond donors (Lipinski definition) is 0. The molecule has 0 aliphatic carbocycles. The van der Waals surface area contributed by atoms with Crippen molar-refractivity contribution in [1.82, 2.24) is 4.40 Å². The maximum absolute atomic E-state index is 2.53. The van der Waals surface area contributed by atoms with Crippen molar-refractivity contribution in [2.75, 3.05) is 14.7 Å². The number of anilines is 9. The number of para-hydroxylation sites is 2. The largest absolute Gasteiger partial charge is 0.311 e. The van der Waals surface area contributed by atoms with Crippen molar-refractivity contribution in [2.45, 2.75) is 59.3 Å². The molecule has 0 spiro atoms. The van der Waals surface area contributed by atoms with Crippen molar-refractivity contribution >= 4 is 90.7 Å². The molecule has 12 rings (SSSR count). The summed E-state index contributed by atoms with van der Waals surface area (Å²) in [6.45, 7) is 16.0. The van der Waals surface area contributed by atoms with Crippen molar-refractivity contribution in [3.63, 3.8) is 0 Å². The first-order valence-corrected chi connectivity index (χ1v) is 24.0. The van der Waals surface area contributed by atoms with Gasteiger partial charge < -0.3 is 14.2 Å². The molecule has 0 N–H and O–H groups in total. The van der Waals surface area contributed by atoms with Gasteiger partial charge in [-0.15, -0.1) is 0 Å². The third-order valence-corrected chi connectivity index (χ3v) is 14.3. The van der Waals surface area contributed by atoms with Gasteiger partial charge in [0.05, 0.1) is 5.69 Å². The monoisotopic (exact) mass is 878 g/mol. The second-order valence-electron chi connectivity index (χ2n) is 20.8. The molecule has 8 aromatic carbocycles. The van der Waals surface area contributed by atoms with Crippen LogP contribution in [0.25, 0.3) is 27.4 Å². The van der Waals surface area contributed by atoms with Gasteiger partial charge in [0.25, 0.3) is 6.71 Å². The number of aryl methyl sites for hydroxylation is 1. The smallest absolute Gasteiger partial charge is 0.254 e. The first-order valence-electron chi connectivity index (χ1n) is 24.0. The van der Waals surface area contributed by atoms with Crippen LogP contribution in [0, 0.1) is 6.92 Å². The number of benzene rings is 8. The van der Waals surface area contributed by atoms with Crippen molar-refractivity contribution < 1.29 is 0 Å². The standard InChI is InChI=1S/C63H55BN4/c1-42-37-58-60-59(38-42)68(47-23-15-10-16-24-47)61-55(39-49-32-29-45(41-65(49)61)63(5,6)7)64(60)54-35-33-50(40-57(54)67(58)46-21-13-9-14-22-46)66(48-30-27-44(28-31-48)62(2,3)4)56-36-34-51(43-19-11-8-12-20-43)52-25-17-18-26-53(52)56/h8-41H,1-7H3. The van der Waals surface area contributed by atoms with Crippen LogP contribution in [0.1, 0.15) is 58.2 Å². The van der Waals surface area contributed by atoms with Crippen LogP contribution >= 0.6 is 0 Å². The Morgan fingerprint density at radius 1 is 0.456 bits per heavy atom. The number of rotatable bonds is 6. The first-order chi connectivity index (χ1) is 32.9. The molecule has 10 aromatic rings. The minimum absolute atomic E-state index is 0.0184. The highest BCUT2D eigenvalue weighted by Gasteiger charge is 2.45. The van der Waals surface area contributed by atoms with Crippen molar-refractivity contribution in [3.8, 4) is 11.1 Å². The van der Waals surface area contributed by atoms with Crippen LogP contribution in [0.2, 0.25) is 0 Å². The Morgan fingerprint density at radius 3 is 1.69 bits per heavy atom. The average molecular weight is 879 g/mol. The van der Waals surface area contributed by atoms with Gasteiger partial charge in [-0.05, 0) is 146 Å². The molecule has 0 fully saturated rings. The molecule has 2 aliphatic rings. The summed E-state index contributed by atoms with van der Waals surface area (Å²) in [5, 5.41) is 2.42. The van der Waals surface area contributed by atoms with E-state index in [0.717, 1.165) is 28.4 Å². The van der Waals surface area contributed by atoms with E-state index in [0.29, 0.717) is 0 Å². The number of pyridine rings is 1. The fourth-order valence-electron chi connectivity index (χ4n) is 10.9. The molecule has 0 saturated carbocycles. The number of aromatic nitrogens is 1. The fraction of sp³-hybridized carbons (Fsp3) is 0.143. The minimum Gasteiger partial charge on any atom is -0.311 e. The normalized spacial score (nSPS) is 13.1. The molecule has 0 atom stereocenters. The van der Waals surface area contributed by atoms with Crippen molar-refractivity contribution in [3.05, 3.63) is 223 Å². The summed E-state index contributed by atoms with van der Waals surface area (Å²) < 4.78 is 2.46. The van der Waals surface area contributed by atoms with E-state index in [-0.39, 0.29) is 17.5 Å². The van der Waals surface area contributed by atoms with Gasteiger partial charge in [0, 0.05) is 56.9 Å². The highest BCUT2D eigenvalue weighted by Crippen LogP contribution is 2.48. The predicted molar refractivity (Wildman–Crippen MR) is 291 cm³/mol. The van der Waals surface area contributed by atoms with Crippen LogP contribution in [-0.4, -0.2) is 11.1 Å². The molecule has 0 radical (unpaired) electrons. The van der Waals surface area contributed by atoms with Gasteiger partial charge in [-0.25, -0.2) is 0 Å². The average Bonchev–Trinajstić information content (AvgIpc) is 3.73. The summed E-state index contributed by atoms with van der Waals surface area (Å²) in [6.07, 6.45) is 2.38. The number of hydrogen-bond acceptors (Lipinski definition) is 3. The Kier molecular flexibility index (Phi) is 9.60. The van der Waals surface area contributed by atoms with E-state index in [2.05, 4.69) is 274 Å². The molecular weight excluding hydrogens is 824 g/mol. The van der Waals surface area contributed by atoms with E-state index in [1.165, 1.54) is 83.4 Å². The zero-order valence-electron chi connectivity index (χ0n) is 40.0. The van der Waals surface area contributed by atoms with Gasteiger partial charge in [0.15, 0.2) is 0 Å². The van der Waals surface area contributed by atoms with Crippen LogP contribution in [0.15, 0.2) is 206 Å². The Morgan fingerprint density at radius 2 is 1.03 bits per heavy atom. The maximum Gasteiger partial charge on any atom is 0.254 e. The Balaban J connectivity index is 1.14. The lowest BCUT2D eigenvalue weighted by Gasteiger charge is -2.44. The molecule has 2 aliphatic heterocycles. The highest BCUT2D eigenvalue weighted by molar-refractivity contribution is 7.00. The quantitative estimate of drug-likeness (QED) is 0.155. The summed E-state index contributed by atoms with van der Waals surface area (Å²) in [5.74, 6) is 1.19. The van der Waals surface area contributed by atoms with E-state index in [4.69, 9.17) is 0 Å². The Labute approximate surface area is 401 Å². The molecule has 330 valence electrons. The van der Waals surface area contributed by atoms with E-state index < -0.39 is 0 Å². The van der Waals surface area contributed by atoms with E-state index in [1.54, 1.807) is 0 Å². The minimum atomic E-state index is -0.0249. The van der Waals surface area contributed by atoms with Crippen LogP contribution in [0.3, 0.4) is 0 Å². The fourth-order valence-corrected chi connectivity index (χ4v) is 10.9. The van der Waals surface area contributed by atoms with Gasteiger partial charge in [0.1, 0.15) is 5.82 Å². The third kappa shape index (κ3) is 6.74. The molecule has 2 aromatic heterocycles. The van der Waals surface area contributed by atoms with Gasteiger partial charge in [0.2, 0.25) is 0 Å². The molecule has 0 saturated heterocycles. The Bertz CT molecular complexity index is 3550. The van der Waals surface area contributed by atoms with Gasteiger partial charge in [-0.3, -0.25) is 4.90 Å². The molecule has 4 heterocycles. The van der Waals surface area contributed by atoms with Crippen molar-refractivity contribution in [2.24, 2.45) is 0 Å². The lowest BCUT2D eigenvalue weighted by atomic mass is 9.34. The van der Waals surface area contributed by atoms with Crippen LogP contribution in [-0.2, 0) is 10.8 Å². The second-order valence-corrected chi connectivity index (χ2v) is 20.8. The van der Waals surface area contributed by atoms with E-state index >= 15 is 0 Å². The summed E-state index contributed by atoms with van der Waals surface area (Å²) in [6, 6.07) is 74.6. The van der Waals surface area contributed by atoms with E-state index in [1.807, 2.05) is 0 Å². The topological polar surface area (TPSA) is 14.1 Å². The molecule has 0 bridgehead atoms. The lowest BCUT2D eigenvalue weighted by molar-refractivity contribution is 0.586. The zero-order valence-corrected chi connectivity index (χ0v) is 40.0. The summed E-state index contributed by atoms with van der Waals surface area (Å²) in [4.78, 5) is 7.53. The summed E-state index contributed by atoms with van der Waals surface area (Å²) in [5.41, 5.74) is 20.6. The van der Waals surface area contributed by atoms with Gasteiger partial charge in [-0.2, -0.15) is 0 Å². The Hall–Kier alpha value is -7.76. The summed E-state index contributed by atoms with van der Waals surface area (Å²) >= 11 is 0. The molecule has 5 heteroatoms. The number of nitrogens with zero attached hydrogens (tertiary/aromatic N) is 4. The SMILES string of the molecule is Cc1cc2c3c(c1)N(c1ccccc1)c1c(cc4ccc(C(C)(C)C)cn14)B3c1ccc(N(c3ccc(C(C)(C)C)cc3)c3ccc(-c4ccccc4)c4ccccc34)cc1N2c1ccccc1. The van der Waals surface area contributed by atoms with Crippen LogP contribution < -0.4 is 31.1 Å². The van der Waals surface area contributed by atoms with Crippen molar-refractivity contribution in [1.29, 1.82) is 0 Å². The summed E-state index contributed by atoms with van der Waals surface area (Å²) in [7, 11) is 0. The van der Waals surface area contributed by atoms with Gasteiger partial charge >= 0.3 is 0 Å². The zero-order chi connectivity index (χ0) is 46.5. The molecule has 4 nitrogen and oxygen atoms in total. The van der Waals surface area contributed by atoms with Crippen LogP contribution in [0.5, 0.6) is 0 Å². The lowest BCUT2D eigenvalue weighted by Crippen LogP contribution is -2.61. The molecule has 68 heavy (non-hydrogen) atoms. The second kappa shape index (κ2) is 15.7. The molecular formula is C63H55BN4. The third-order valence-electron chi connectivity index (χ3n) is 14.3. The van der Waals surface area contributed by atoms with Crippen LogP contribution in [0.4, 0.5) is 51.3 Å². The molecule has 0 amide bonds. The predicted octanol–water partition coefficient (Wildman–Crippen LogP) is 15.2. The molecule has 0 unspecified atom stereocenters. The number of fused-ring (bicyclic) bond motifs is 7. The van der Waals surface area contributed by atoms with E-state index in [9.17, 15) is 0 Å². The first kappa shape index (κ1) is 41.7. The maximum atomic E-state index is 2.53.